The van der Waals surface area contributed by atoms with Gasteiger partial charge < -0.3 is 0 Å². The van der Waals surface area contributed by atoms with Gasteiger partial charge in [-0.05, 0) is 40.0 Å². The Kier molecular flexibility index (Phi) is 5.97. The molecule has 0 spiro atoms. The fourth-order valence-corrected chi connectivity index (χ4v) is 3.50. The molecule has 0 bridgehead atoms. The molecule has 0 aliphatic carbocycles. The molecule has 4 aromatic rings. The summed E-state index contributed by atoms with van der Waals surface area (Å²) in [7, 11) is 0. The molecule has 1 unspecified atom stereocenters. The second-order valence-corrected chi connectivity index (χ2v) is 7.60. The zero-order valence-electron chi connectivity index (χ0n) is 17.7. The van der Waals surface area contributed by atoms with Gasteiger partial charge >= 0.3 is 0 Å². The van der Waals surface area contributed by atoms with E-state index < -0.39 is 0 Å². The molecule has 0 amide bonds. The third kappa shape index (κ3) is 4.15. The van der Waals surface area contributed by atoms with E-state index in [2.05, 4.69) is 76.4 Å². The maximum atomic E-state index is 4.80. The average molecular weight is 402 g/mol. The molecule has 2 aromatic heterocycles. The number of rotatable bonds is 8. The predicted octanol–water partition coefficient (Wildman–Crippen LogP) is 4.64. The van der Waals surface area contributed by atoms with E-state index in [9.17, 15) is 0 Å². The van der Waals surface area contributed by atoms with E-state index in [0.29, 0.717) is 11.7 Å². The van der Waals surface area contributed by atoms with Crippen molar-refractivity contribution in [1.82, 2.24) is 35.4 Å². The fourth-order valence-electron chi connectivity index (χ4n) is 3.50. The summed E-state index contributed by atoms with van der Waals surface area (Å²) in [5.74, 6) is 3.07. The zero-order chi connectivity index (χ0) is 20.9. The van der Waals surface area contributed by atoms with Crippen LogP contribution < -0.4 is 0 Å². The summed E-state index contributed by atoms with van der Waals surface area (Å²) in [6.45, 7) is 7.27. The van der Waals surface area contributed by atoms with Gasteiger partial charge in [0.15, 0.2) is 11.6 Å². The van der Waals surface area contributed by atoms with Gasteiger partial charge in [-0.1, -0.05) is 69.3 Å². The van der Waals surface area contributed by atoms with E-state index in [4.69, 9.17) is 10.1 Å². The smallest absolute Gasteiger partial charge is 0.180 e. The van der Waals surface area contributed by atoms with Crippen LogP contribution >= 0.6 is 0 Å². The van der Waals surface area contributed by atoms with Crippen molar-refractivity contribution in [3.05, 3.63) is 65.7 Å². The highest BCUT2D eigenvalue weighted by Gasteiger charge is 2.15. The number of hydrogen-bond acceptors (Lipinski definition) is 5. The Morgan fingerprint density at radius 1 is 1.00 bits per heavy atom. The van der Waals surface area contributed by atoms with Gasteiger partial charge in [-0.15, -0.1) is 5.10 Å². The minimum atomic E-state index is 0.381. The number of H-pyrrole nitrogens is 1. The molecule has 0 fully saturated rings. The van der Waals surface area contributed by atoms with E-state index in [0.717, 1.165) is 54.1 Å². The van der Waals surface area contributed by atoms with Crippen molar-refractivity contribution in [1.29, 1.82) is 0 Å². The van der Waals surface area contributed by atoms with Crippen molar-refractivity contribution in [2.75, 3.05) is 0 Å². The van der Waals surface area contributed by atoms with Gasteiger partial charge in [0.25, 0.3) is 0 Å². The standard InChI is InChI=1S/C23H27N7/c1-4-8-21-24-22(16(3)5-2)27-30(21)15-17-11-13-18(14-12-17)19-9-6-7-10-20(19)23-25-28-29-26-23/h6-7,9-14,16H,4-5,8,15H2,1-3H3,(H,25,26,28,29). The number of nitrogens with one attached hydrogen (secondary N) is 1. The van der Waals surface area contributed by atoms with Crippen LogP contribution in [0.15, 0.2) is 48.5 Å². The molecule has 1 N–H and O–H groups in total. The summed E-state index contributed by atoms with van der Waals surface area (Å²) >= 11 is 0. The quantitative estimate of drug-likeness (QED) is 0.465. The minimum absolute atomic E-state index is 0.381. The second kappa shape index (κ2) is 8.98. The zero-order valence-corrected chi connectivity index (χ0v) is 17.7. The van der Waals surface area contributed by atoms with Crippen molar-refractivity contribution in [2.45, 2.75) is 52.5 Å². The third-order valence-electron chi connectivity index (χ3n) is 5.42. The highest BCUT2D eigenvalue weighted by molar-refractivity contribution is 5.80. The van der Waals surface area contributed by atoms with E-state index in [-0.39, 0.29) is 0 Å². The van der Waals surface area contributed by atoms with Crippen LogP contribution in [0.4, 0.5) is 0 Å². The van der Waals surface area contributed by atoms with Crippen molar-refractivity contribution in [2.24, 2.45) is 0 Å². The van der Waals surface area contributed by atoms with E-state index >= 15 is 0 Å². The van der Waals surface area contributed by atoms with Crippen LogP contribution in [0.5, 0.6) is 0 Å². The van der Waals surface area contributed by atoms with Gasteiger partial charge in [0.2, 0.25) is 0 Å². The first kappa shape index (κ1) is 19.9. The predicted molar refractivity (Wildman–Crippen MR) is 117 cm³/mol. The van der Waals surface area contributed by atoms with E-state index in [1.165, 1.54) is 5.56 Å². The fraction of sp³-hybridized carbons (Fsp3) is 0.348. The molecule has 0 aliphatic rings. The van der Waals surface area contributed by atoms with Crippen LogP contribution in [0.3, 0.4) is 0 Å². The summed E-state index contributed by atoms with van der Waals surface area (Å²) in [6.07, 6.45) is 3.05. The van der Waals surface area contributed by atoms with Crippen LogP contribution in [0.1, 0.15) is 56.7 Å². The SMILES string of the molecule is CCCc1nc(C(C)CC)nn1Cc1ccc(-c2ccccc2-c2nnn[nH]2)cc1. The summed E-state index contributed by atoms with van der Waals surface area (Å²) in [5.41, 5.74) is 4.40. The first-order chi connectivity index (χ1) is 14.7. The lowest BCUT2D eigenvalue weighted by Crippen LogP contribution is -2.07. The van der Waals surface area contributed by atoms with Crippen LogP contribution in [0.25, 0.3) is 22.5 Å². The molecular weight excluding hydrogens is 374 g/mol. The lowest BCUT2D eigenvalue weighted by molar-refractivity contribution is 0.609. The van der Waals surface area contributed by atoms with Gasteiger partial charge in [0, 0.05) is 17.9 Å². The molecule has 0 aliphatic heterocycles. The van der Waals surface area contributed by atoms with Gasteiger partial charge in [-0.25, -0.2) is 14.8 Å². The van der Waals surface area contributed by atoms with Gasteiger partial charge in [0.05, 0.1) is 6.54 Å². The lowest BCUT2D eigenvalue weighted by Gasteiger charge is -2.09. The normalized spacial score (nSPS) is 12.2. The van der Waals surface area contributed by atoms with E-state index in [1.807, 2.05) is 18.2 Å². The molecular formula is C23H27N7. The summed E-state index contributed by atoms with van der Waals surface area (Å²) < 4.78 is 2.06. The van der Waals surface area contributed by atoms with Crippen LogP contribution in [0.2, 0.25) is 0 Å². The number of nitrogens with zero attached hydrogens (tertiary/aromatic N) is 6. The summed E-state index contributed by atoms with van der Waals surface area (Å²) in [5, 5.41) is 19.1. The molecule has 0 radical (unpaired) electrons. The van der Waals surface area contributed by atoms with Crippen LogP contribution in [0, 0.1) is 0 Å². The molecule has 1 atom stereocenters. The first-order valence-electron chi connectivity index (χ1n) is 10.6. The van der Waals surface area contributed by atoms with Gasteiger partial charge in [0.1, 0.15) is 5.82 Å². The number of tetrazole rings is 1. The highest BCUT2D eigenvalue weighted by atomic mass is 15.5. The Hall–Kier alpha value is -3.35. The van der Waals surface area contributed by atoms with Gasteiger partial charge in [-0.2, -0.15) is 5.10 Å². The Labute approximate surface area is 176 Å². The van der Waals surface area contributed by atoms with Crippen molar-refractivity contribution in [3.63, 3.8) is 0 Å². The lowest BCUT2D eigenvalue weighted by atomic mass is 9.98. The Morgan fingerprint density at radius 2 is 1.77 bits per heavy atom. The average Bonchev–Trinajstić information content (AvgIpc) is 3.45. The second-order valence-electron chi connectivity index (χ2n) is 7.60. The number of aryl methyl sites for hydroxylation is 1. The maximum Gasteiger partial charge on any atom is 0.180 e. The molecule has 0 saturated heterocycles. The van der Waals surface area contributed by atoms with E-state index in [1.54, 1.807) is 0 Å². The molecule has 2 heterocycles. The molecule has 154 valence electrons. The molecule has 30 heavy (non-hydrogen) atoms. The largest absolute Gasteiger partial charge is 0.245 e. The molecule has 0 saturated carbocycles. The number of benzene rings is 2. The molecule has 7 heteroatoms. The van der Waals surface area contributed by atoms with Gasteiger partial charge in [-0.3, -0.25) is 0 Å². The van der Waals surface area contributed by atoms with Crippen molar-refractivity contribution < 1.29 is 0 Å². The first-order valence-corrected chi connectivity index (χ1v) is 10.6. The van der Waals surface area contributed by atoms with Crippen molar-refractivity contribution >= 4 is 0 Å². The molecule has 4 rings (SSSR count). The molecule has 7 nitrogen and oxygen atoms in total. The minimum Gasteiger partial charge on any atom is -0.245 e. The summed E-state index contributed by atoms with van der Waals surface area (Å²) in [6, 6.07) is 16.7. The Morgan fingerprint density at radius 3 is 2.43 bits per heavy atom. The Bertz CT molecular complexity index is 1080. The van der Waals surface area contributed by atoms with Crippen LogP contribution in [-0.2, 0) is 13.0 Å². The summed E-state index contributed by atoms with van der Waals surface area (Å²) in [4.78, 5) is 4.80. The number of aromatic amines is 1. The molecule has 2 aromatic carbocycles. The van der Waals surface area contributed by atoms with Crippen LogP contribution in [-0.4, -0.2) is 35.4 Å². The number of aromatic nitrogens is 7. The maximum absolute atomic E-state index is 4.80. The third-order valence-corrected chi connectivity index (χ3v) is 5.42. The monoisotopic (exact) mass is 401 g/mol. The Balaban J connectivity index is 1.59. The van der Waals surface area contributed by atoms with Crippen molar-refractivity contribution in [3.8, 4) is 22.5 Å². The highest BCUT2D eigenvalue weighted by Crippen LogP contribution is 2.29. The number of hydrogen-bond donors (Lipinski definition) is 1. The topological polar surface area (TPSA) is 85.2 Å².